The smallest absolute Gasteiger partial charge is 0.274 e. The largest absolute Gasteiger partial charge is 0.333 e. The summed E-state index contributed by atoms with van der Waals surface area (Å²) in [5.41, 5.74) is 4.92. The minimum atomic E-state index is -0.753. The molecule has 0 unspecified atom stereocenters. The first-order chi connectivity index (χ1) is 14.6. The first kappa shape index (κ1) is 19.6. The highest BCUT2D eigenvalue weighted by atomic mass is 19.1. The molecule has 0 aliphatic heterocycles. The quantitative estimate of drug-likeness (QED) is 0.376. The Kier molecular flexibility index (Phi) is 5.45. The average Bonchev–Trinajstić information content (AvgIpc) is 3.11. The molecule has 2 N–H and O–H groups in total. The van der Waals surface area contributed by atoms with Crippen LogP contribution < -0.4 is 10.4 Å². The fourth-order valence-electron chi connectivity index (χ4n) is 3.50. The summed E-state index contributed by atoms with van der Waals surface area (Å²) in [4.78, 5) is 18.3. The molecule has 0 bridgehead atoms. The van der Waals surface area contributed by atoms with Gasteiger partial charge in [-0.1, -0.05) is 48.5 Å². The molecule has 0 radical (unpaired) electrons. The van der Waals surface area contributed by atoms with Crippen LogP contribution in [0.25, 0.3) is 11.0 Å². The monoisotopic (exact) mass is 404 g/mol. The summed E-state index contributed by atoms with van der Waals surface area (Å²) in [7, 11) is 1.94. The minimum absolute atomic E-state index is 0.0519. The Balaban J connectivity index is 1.72. The van der Waals surface area contributed by atoms with Crippen molar-refractivity contribution in [2.45, 2.75) is 13.1 Å². The molecule has 152 valence electrons. The molecule has 1 amide bonds. The van der Waals surface area contributed by atoms with E-state index in [1.165, 1.54) is 11.5 Å². The third kappa shape index (κ3) is 3.88. The highest BCUT2D eigenvalue weighted by molar-refractivity contribution is 5.93. The van der Waals surface area contributed by atoms with Crippen LogP contribution in [-0.4, -0.2) is 20.7 Å². The lowest BCUT2D eigenvalue weighted by Gasteiger charge is -2.24. The van der Waals surface area contributed by atoms with Crippen LogP contribution >= 0.6 is 0 Å². The van der Waals surface area contributed by atoms with Gasteiger partial charge in [-0.25, -0.2) is 14.9 Å². The Hall–Kier alpha value is -3.71. The Morgan fingerprint density at radius 3 is 2.50 bits per heavy atom. The summed E-state index contributed by atoms with van der Waals surface area (Å²) >= 11 is 0. The van der Waals surface area contributed by atoms with Crippen molar-refractivity contribution in [3.63, 3.8) is 0 Å². The molecule has 0 atom stereocenters. The van der Waals surface area contributed by atoms with Gasteiger partial charge < -0.3 is 9.47 Å². The zero-order valence-electron chi connectivity index (χ0n) is 16.4. The number of hydrogen-bond acceptors (Lipinski definition) is 4. The van der Waals surface area contributed by atoms with Gasteiger partial charge in [-0.2, -0.15) is 0 Å². The molecule has 4 aromatic rings. The Labute approximate surface area is 173 Å². The summed E-state index contributed by atoms with van der Waals surface area (Å²) in [6, 6.07) is 21.9. The maximum Gasteiger partial charge on any atom is 0.274 e. The fraction of sp³-hybridized carbons (Fsp3) is 0.130. The summed E-state index contributed by atoms with van der Waals surface area (Å²) in [6.07, 6.45) is 0. The number of aromatic nitrogens is 2. The minimum Gasteiger partial charge on any atom is -0.333 e. The van der Waals surface area contributed by atoms with Gasteiger partial charge in [-0.3, -0.25) is 10.0 Å². The summed E-state index contributed by atoms with van der Waals surface area (Å²) in [6.45, 7) is 0.801. The van der Waals surface area contributed by atoms with Crippen molar-refractivity contribution in [1.29, 1.82) is 0 Å². The number of imidazole rings is 1. The van der Waals surface area contributed by atoms with Crippen molar-refractivity contribution in [3.05, 3.63) is 95.3 Å². The number of amides is 1. The molecule has 6 nitrogen and oxygen atoms in total. The van der Waals surface area contributed by atoms with E-state index in [2.05, 4.69) is 0 Å². The molecule has 0 aliphatic rings. The van der Waals surface area contributed by atoms with Crippen LogP contribution in [0.15, 0.2) is 72.8 Å². The normalized spacial score (nSPS) is 10.9. The maximum absolute atomic E-state index is 14.8. The lowest BCUT2D eigenvalue weighted by Crippen LogP contribution is -2.26. The van der Waals surface area contributed by atoms with Crippen LogP contribution in [0.4, 0.5) is 10.3 Å². The molecule has 1 aromatic heterocycles. The zero-order chi connectivity index (χ0) is 21.1. The Morgan fingerprint density at radius 2 is 1.80 bits per heavy atom. The second-order valence-corrected chi connectivity index (χ2v) is 7.05. The number of fused-ring (bicyclic) bond motifs is 1. The van der Waals surface area contributed by atoms with E-state index in [4.69, 9.17) is 10.2 Å². The molecule has 3 aromatic carbocycles. The molecule has 30 heavy (non-hydrogen) atoms. The van der Waals surface area contributed by atoms with E-state index in [0.717, 1.165) is 28.6 Å². The van der Waals surface area contributed by atoms with Gasteiger partial charge in [-0.05, 0) is 29.8 Å². The number of para-hydroxylation sites is 2. The van der Waals surface area contributed by atoms with Crippen molar-refractivity contribution in [3.8, 4) is 0 Å². The van der Waals surface area contributed by atoms with Gasteiger partial charge in [0, 0.05) is 31.3 Å². The van der Waals surface area contributed by atoms with Crippen LogP contribution in [0.2, 0.25) is 0 Å². The van der Waals surface area contributed by atoms with Gasteiger partial charge in [-0.15, -0.1) is 0 Å². The molecular weight excluding hydrogens is 383 g/mol. The van der Waals surface area contributed by atoms with Crippen molar-refractivity contribution in [2.75, 3.05) is 4.90 Å². The van der Waals surface area contributed by atoms with Crippen LogP contribution in [0.5, 0.6) is 0 Å². The number of hydrogen-bond donors (Lipinski definition) is 2. The molecule has 4 rings (SSSR count). The van der Waals surface area contributed by atoms with Crippen molar-refractivity contribution in [1.82, 2.24) is 15.0 Å². The number of halogens is 1. The van der Waals surface area contributed by atoms with E-state index >= 15 is 0 Å². The first-order valence-electron chi connectivity index (χ1n) is 9.50. The highest BCUT2D eigenvalue weighted by Crippen LogP contribution is 2.25. The third-order valence-corrected chi connectivity index (χ3v) is 5.04. The Morgan fingerprint density at radius 1 is 1.07 bits per heavy atom. The van der Waals surface area contributed by atoms with Crippen LogP contribution in [0.3, 0.4) is 0 Å². The SMILES string of the molecule is Cn1c(N(Cc2ccccc2)Cc2ccc(C(=O)NO)cc2F)nc2ccccc21. The van der Waals surface area contributed by atoms with Gasteiger partial charge >= 0.3 is 0 Å². The van der Waals surface area contributed by atoms with Crippen LogP contribution in [0.1, 0.15) is 21.5 Å². The molecule has 0 fully saturated rings. The van der Waals surface area contributed by atoms with Crippen LogP contribution in [0, 0.1) is 5.82 Å². The summed E-state index contributed by atoms with van der Waals surface area (Å²) in [5.74, 6) is -0.554. The lowest BCUT2D eigenvalue weighted by atomic mass is 10.1. The van der Waals surface area contributed by atoms with E-state index in [1.54, 1.807) is 6.07 Å². The van der Waals surface area contributed by atoms with Crippen molar-refractivity contribution < 1.29 is 14.4 Å². The number of carbonyl (C=O) groups excluding carboxylic acids is 1. The summed E-state index contributed by atoms with van der Waals surface area (Å²) in [5, 5.41) is 8.77. The number of hydroxylamine groups is 1. The standard InChI is InChI=1S/C23H21FN4O2/c1-27-21-10-6-5-9-20(21)25-23(27)28(14-16-7-3-2-4-8-16)15-18-12-11-17(13-19(18)24)22(29)26-30/h2-13,30H,14-15H2,1H3,(H,26,29). The molecular formula is C23H21FN4O2. The number of nitrogens with one attached hydrogen (secondary N) is 1. The summed E-state index contributed by atoms with van der Waals surface area (Å²) < 4.78 is 16.7. The predicted molar refractivity (Wildman–Crippen MR) is 113 cm³/mol. The van der Waals surface area contributed by atoms with Crippen LogP contribution in [-0.2, 0) is 20.1 Å². The number of nitrogens with zero attached hydrogens (tertiary/aromatic N) is 3. The van der Waals surface area contributed by atoms with E-state index < -0.39 is 11.7 Å². The van der Waals surface area contributed by atoms with E-state index in [9.17, 15) is 9.18 Å². The van der Waals surface area contributed by atoms with Gasteiger partial charge in [0.25, 0.3) is 5.91 Å². The third-order valence-electron chi connectivity index (χ3n) is 5.04. The second kappa shape index (κ2) is 8.34. The topological polar surface area (TPSA) is 70.4 Å². The molecule has 7 heteroatoms. The number of benzene rings is 3. The van der Waals surface area contributed by atoms with E-state index in [1.807, 2.05) is 71.1 Å². The number of aryl methyl sites for hydroxylation is 1. The zero-order valence-corrected chi connectivity index (χ0v) is 16.4. The average molecular weight is 404 g/mol. The van der Waals surface area contributed by atoms with Gasteiger partial charge in [0.15, 0.2) is 0 Å². The lowest BCUT2D eigenvalue weighted by molar-refractivity contribution is 0.0706. The second-order valence-electron chi connectivity index (χ2n) is 7.05. The first-order valence-corrected chi connectivity index (χ1v) is 9.50. The van der Waals surface area contributed by atoms with Gasteiger partial charge in [0.05, 0.1) is 11.0 Å². The van der Waals surface area contributed by atoms with Gasteiger partial charge in [0.2, 0.25) is 5.95 Å². The van der Waals surface area contributed by atoms with Crippen molar-refractivity contribution >= 4 is 22.9 Å². The number of anilines is 1. The number of rotatable bonds is 6. The molecule has 0 saturated heterocycles. The maximum atomic E-state index is 14.8. The Bertz CT molecular complexity index is 1190. The molecule has 0 spiro atoms. The van der Waals surface area contributed by atoms with Crippen molar-refractivity contribution in [2.24, 2.45) is 7.05 Å². The van der Waals surface area contributed by atoms with E-state index in [-0.39, 0.29) is 12.1 Å². The predicted octanol–water partition coefficient (Wildman–Crippen LogP) is 4.04. The highest BCUT2D eigenvalue weighted by Gasteiger charge is 2.18. The van der Waals surface area contributed by atoms with Gasteiger partial charge in [0.1, 0.15) is 5.82 Å². The molecule has 0 aliphatic carbocycles. The number of carbonyl (C=O) groups is 1. The molecule has 1 heterocycles. The molecule has 0 saturated carbocycles. The fourth-order valence-corrected chi connectivity index (χ4v) is 3.50. The van der Waals surface area contributed by atoms with E-state index in [0.29, 0.717) is 12.1 Å².